The summed E-state index contributed by atoms with van der Waals surface area (Å²) in [5.41, 5.74) is 7.78. The molecule has 4 nitrogen and oxygen atoms in total. The fraction of sp³-hybridized carbons (Fsp3) is 0.286. The number of nitrogens with two attached hydrogens (primary N) is 1. The van der Waals surface area contributed by atoms with Gasteiger partial charge in [0.1, 0.15) is 5.75 Å². The van der Waals surface area contributed by atoms with Gasteiger partial charge in [0.05, 0.1) is 12.3 Å². The highest BCUT2D eigenvalue weighted by molar-refractivity contribution is 7.99. The molecule has 2 rings (SSSR count). The minimum atomic E-state index is 0.644. The van der Waals surface area contributed by atoms with E-state index >= 15 is 0 Å². The van der Waals surface area contributed by atoms with Gasteiger partial charge in [0.2, 0.25) is 0 Å². The highest BCUT2D eigenvalue weighted by atomic mass is 32.2. The van der Waals surface area contributed by atoms with E-state index in [-0.39, 0.29) is 0 Å². The van der Waals surface area contributed by atoms with Crippen molar-refractivity contribution in [2.45, 2.75) is 30.3 Å². The quantitative estimate of drug-likeness (QED) is 0.670. The Hall–Kier alpha value is -1.75. The number of nitrogens with zero attached hydrogens (tertiary/aromatic N) is 2. The van der Waals surface area contributed by atoms with Gasteiger partial charge in [0.15, 0.2) is 5.16 Å². The second-order valence-electron chi connectivity index (χ2n) is 4.16. The van der Waals surface area contributed by atoms with Gasteiger partial charge in [-0.3, -0.25) is 0 Å². The first-order chi connectivity index (χ1) is 9.20. The normalized spacial score (nSPS) is 10.4. The first-order valence-corrected chi connectivity index (χ1v) is 7.00. The number of para-hydroxylation sites is 1. The minimum absolute atomic E-state index is 0.644. The Morgan fingerprint density at radius 1 is 1.26 bits per heavy atom. The number of aryl methyl sites for hydroxylation is 1. The average molecular weight is 275 g/mol. The summed E-state index contributed by atoms with van der Waals surface area (Å²) < 4.78 is 5.60. The third-order valence-electron chi connectivity index (χ3n) is 2.45. The van der Waals surface area contributed by atoms with Crippen molar-refractivity contribution in [3.05, 3.63) is 36.2 Å². The summed E-state index contributed by atoms with van der Waals surface area (Å²) in [7, 11) is 0. The minimum Gasteiger partial charge on any atom is -0.491 e. The van der Waals surface area contributed by atoms with Crippen LogP contribution in [0.15, 0.2) is 40.6 Å². The Balaban J connectivity index is 2.18. The standard InChI is InChI=1S/C14H17N3OS/c1-3-7-18-11-5-4-6-12(13(11)15)19-14-16-8-10(2)9-17-14/h4-6,8-9H,3,7,15H2,1-2H3. The number of hydrogen-bond acceptors (Lipinski definition) is 5. The summed E-state index contributed by atoms with van der Waals surface area (Å²) in [4.78, 5) is 9.44. The molecule has 2 aromatic rings. The number of ether oxygens (including phenoxy) is 1. The molecule has 0 aliphatic rings. The fourth-order valence-corrected chi connectivity index (χ4v) is 2.25. The molecule has 1 aromatic carbocycles. The molecule has 0 aliphatic heterocycles. The van der Waals surface area contributed by atoms with Crippen molar-refractivity contribution in [2.24, 2.45) is 0 Å². The molecule has 100 valence electrons. The second kappa shape index (κ2) is 6.43. The van der Waals surface area contributed by atoms with E-state index in [1.165, 1.54) is 11.8 Å². The molecule has 0 saturated carbocycles. The van der Waals surface area contributed by atoms with Crippen LogP contribution in [0.1, 0.15) is 18.9 Å². The highest BCUT2D eigenvalue weighted by Crippen LogP contribution is 2.35. The molecule has 5 heteroatoms. The van der Waals surface area contributed by atoms with E-state index in [0.717, 1.165) is 22.6 Å². The third kappa shape index (κ3) is 3.61. The van der Waals surface area contributed by atoms with E-state index in [4.69, 9.17) is 10.5 Å². The van der Waals surface area contributed by atoms with Gasteiger partial charge in [-0.05, 0) is 42.8 Å². The summed E-state index contributed by atoms with van der Waals surface area (Å²) in [6.45, 7) is 4.69. The molecule has 0 spiro atoms. The predicted molar refractivity (Wildman–Crippen MR) is 77.5 cm³/mol. The molecule has 0 unspecified atom stereocenters. The highest BCUT2D eigenvalue weighted by Gasteiger charge is 2.08. The van der Waals surface area contributed by atoms with Gasteiger partial charge < -0.3 is 10.5 Å². The Labute approximate surface area is 117 Å². The first kappa shape index (κ1) is 13.7. The lowest BCUT2D eigenvalue weighted by Crippen LogP contribution is -2.00. The lowest BCUT2D eigenvalue weighted by Gasteiger charge is -2.10. The fourth-order valence-electron chi connectivity index (χ4n) is 1.48. The van der Waals surface area contributed by atoms with Crippen molar-refractivity contribution in [3.63, 3.8) is 0 Å². The zero-order valence-corrected chi connectivity index (χ0v) is 11.9. The van der Waals surface area contributed by atoms with E-state index < -0.39 is 0 Å². The van der Waals surface area contributed by atoms with Crippen LogP contribution in [0.4, 0.5) is 5.69 Å². The van der Waals surface area contributed by atoms with Crippen molar-refractivity contribution in [3.8, 4) is 5.75 Å². The topological polar surface area (TPSA) is 61.0 Å². The van der Waals surface area contributed by atoms with Crippen molar-refractivity contribution < 1.29 is 4.74 Å². The molecule has 19 heavy (non-hydrogen) atoms. The summed E-state index contributed by atoms with van der Waals surface area (Å²) in [6, 6.07) is 5.75. The van der Waals surface area contributed by atoms with Gasteiger partial charge in [-0.2, -0.15) is 0 Å². The van der Waals surface area contributed by atoms with E-state index in [9.17, 15) is 0 Å². The monoisotopic (exact) mass is 275 g/mol. The van der Waals surface area contributed by atoms with Crippen LogP contribution >= 0.6 is 11.8 Å². The van der Waals surface area contributed by atoms with E-state index in [0.29, 0.717) is 17.5 Å². The van der Waals surface area contributed by atoms with Gasteiger partial charge in [0.25, 0.3) is 0 Å². The van der Waals surface area contributed by atoms with Crippen LogP contribution in [-0.4, -0.2) is 16.6 Å². The number of nitrogen functional groups attached to an aromatic ring is 1. The predicted octanol–water partition coefficient (Wildman–Crippen LogP) is 3.31. The van der Waals surface area contributed by atoms with Crippen molar-refractivity contribution in [2.75, 3.05) is 12.3 Å². The molecule has 2 N–H and O–H groups in total. The molecular weight excluding hydrogens is 258 g/mol. The molecule has 0 bridgehead atoms. The van der Waals surface area contributed by atoms with Gasteiger partial charge in [-0.25, -0.2) is 9.97 Å². The van der Waals surface area contributed by atoms with Crippen molar-refractivity contribution >= 4 is 17.4 Å². The van der Waals surface area contributed by atoms with Crippen LogP contribution in [0.3, 0.4) is 0 Å². The molecule has 0 saturated heterocycles. The van der Waals surface area contributed by atoms with Crippen LogP contribution in [0.25, 0.3) is 0 Å². The zero-order valence-electron chi connectivity index (χ0n) is 11.1. The van der Waals surface area contributed by atoms with E-state index in [1.54, 1.807) is 12.4 Å². The van der Waals surface area contributed by atoms with Crippen molar-refractivity contribution in [1.82, 2.24) is 9.97 Å². The number of aromatic nitrogens is 2. The van der Waals surface area contributed by atoms with Gasteiger partial charge >= 0.3 is 0 Å². The SMILES string of the molecule is CCCOc1cccc(Sc2ncc(C)cn2)c1N. The van der Waals surface area contributed by atoms with E-state index in [1.807, 2.05) is 25.1 Å². The second-order valence-corrected chi connectivity index (χ2v) is 5.17. The van der Waals surface area contributed by atoms with Crippen LogP contribution in [0.5, 0.6) is 5.75 Å². The molecular formula is C14H17N3OS. The maximum Gasteiger partial charge on any atom is 0.192 e. The third-order valence-corrected chi connectivity index (χ3v) is 3.42. The summed E-state index contributed by atoms with van der Waals surface area (Å²) in [6.07, 6.45) is 4.55. The Kier molecular flexibility index (Phi) is 4.63. The molecule has 0 atom stereocenters. The molecule has 1 aromatic heterocycles. The van der Waals surface area contributed by atoms with Gasteiger partial charge in [0, 0.05) is 17.3 Å². The number of anilines is 1. The van der Waals surface area contributed by atoms with E-state index in [2.05, 4.69) is 16.9 Å². The Morgan fingerprint density at radius 3 is 2.68 bits per heavy atom. The molecule has 0 fully saturated rings. The van der Waals surface area contributed by atoms with Crippen LogP contribution < -0.4 is 10.5 Å². The first-order valence-electron chi connectivity index (χ1n) is 6.18. The summed E-state index contributed by atoms with van der Waals surface area (Å²) in [5.74, 6) is 0.721. The molecule has 0 aliphatic carbocycles. The van der Waals surface area contributed by atoms with Crippen molar-refractivity contribution in [1.29, 1.82) is 0 Å². The van der Waals surface area contributed by atoms with Gasteiger partial charge in [-0.15, -0.1) is 0 Å². The number of rotatable bonds is 5. The molecule has 0 radical (unpaired) electrons. The summed E-state index contributed by atoms with van der Waals surface area (Å²) >= 11 is 1.44. The largest absolute Gasteiger partial charge is 0.491 e. The maximum absolute atomic E-state index is 6.10. The Morgan fingerprint density at radius 2 is 2.00 bits per heavy atom. The number of hydrogen-bond donors (Lipinski definition) is 1. The van der Waals surface area contributed by atoms with Gasteiger partial charge in [-0.1, -0.05) is 13.0 Å². The molecule has 1 heterocycles. The maximum atomic E-state index is 6.10. The lowest BCUT2D eigenvalue weighted by atomic mass is 10.3. The number of benzene rings is 1. The Bertz CT molecular complexity index is 543. The summed E-state index contributed by atoms with van der Waals surface area (Å²) in [5, 5.41) is 0.685. The lowest BCUT2D eigenvalue weighted by molar-refractivity contribution is 0.318. The van der Waals surface area contributed by atoms with Crippen LogP contribution in [0.2, 0.25) is 0 Å². The smallest absolute Gasteiger partial charge is 0.192 e. The van der Waals surface area contributed by atoms with Crippen LogP contribution in [-0.2, 0) is 0 Å². The molecule has 0 amide bonds. The average Bonchev–Trinajstić information content (AvgIpc) is 2.42. The zero-order chi connectivity index (χ0) is 13.7. The van der Waals surface area contributed by atoms with Crippen LogP contribution in [0, 0.1) is 6.92 Å².